The zero-order valence-electron chi connectivity index (χ0n) is 15.6. The molecular weight excluding hydrogens is 324 g/mol. The first-order valence-corrected chi connectivity index (χ1v) is 9.25. The van der Waals surface area contributed by atoms with Crippen LogP contribution in [0.25, 0.3) is 11.1 Å². The van der Waals surface area contributed by atoms with Gasteiger partial charge in [-0.15, -0.1) is 0 Å². The van der Waals surface area contributed by atoms with Gasteiger partial charge in [0, 0.05) is 19.9 Å². The number of rotatable bonds is 9. The summed E-state index contributed by atoms with van der Waals surface area (Å²) in [4.78, 5) is 22.8. The third-order valence-corrected chi connectivity index (χ3v) is 4.35. The number of hydrogen-bond donors (Lipinski definition) is 2. The van der Waals surface area contributed by atoms with Crippen molar-refractivity contribution in [1.29, 1.82) is 0 Å². The smallest absolute Gasteiger partial charge is 0.220 e. The van der Waals surface area contributed by atoms with E-state index in [1.165, 1.54) is 18.1 Å². The molecule has 4 heteroatoms. The molecule has 0 saturated carbocycles. The Morgan fingerprint density at radius 3 is 2.19 bits per heavy atom. The highest BCUT2D eigenvalue weighted by Gasteiger charge is 2.09. The van der Waals surface area contributed by atoms with E-state index in [1.807, 2.05) is 25.1 Å². The molecule has 2 amide bonds. The van der Waals surface area contributed by atoms with Crippen LogP contribution in [0.2, 0.25) is 0 Å². The summed E-state index contributed by atoms with van der Waals surface area (Å²) in [6.07, 6.45) is 3.20. The maximum absolute atomic E-state index is 12.1. The van der Waals surface area contributed by atoms with Gasteiger partial charge in [0.1, 0.15) is 0 Å². The molecule has 2 aromatic carbocycles. The summed E-state index contributed by atoms with van der Waals surface area (Å²) in [6, 6.07) is 18.6. The van der Waals surface area contributed by atoms with E-state index in [0.717, 1.165) is 24.8 Å². The number of hydrogen-bond acceptors (Lipinski definition) is 2. The van der Waals surface area contributed by atoms with E-state index >= 15 is 0 Å². The van der Waals surface area contributed by atoms with Gasteiger partial charge in [0.25, 0.3) is 0 Å². The fourth-order valence-corrected chi connectivity index (χ4v) is 2.84. The molecule has 1 unspecified atom stereocenters. The van der Waals surface area contributed by atoms with Crippen molar-refractivity contribution < 1.29 is 9.59 Å². The predicted octanol–water partition coefficient (Wildman–Crippen LogP) is 4.23. The standard InChI is InChI=1S/C22H28N2O2/c1-17(24-22(26)11-7-4-8-16-23-18(2)25)19-12-14-21(15-13-19)20-9-5-3-6-10-20/h3,5-6,9-10,12-15,17H,4,7-8,11,16H2,1-2H3,(H,23,25)(H,24,26). The van der Waals surface area contributed by atoms with Crippen molar-refractivity contribution in [2.75, 3.05) is 6.54 Å². The van der Waals surface area contributed by atoms with Crippen LogP contribution >= 0.6 is 0 Å². The second kappa shape index (κ2) is 10.4. The topological polar surface area (TPSA) is 58.2 Å². The minimum atomic E-state index is -0.00768. The van der Waals surface area contributed by atoms with Crippen LogP contribution in [0.1, 0.15) is 51.1 Å². The van der Waals surface area contributed by atoms with E-state index < -0.39 is 0 Å². The average molecular weight is 352 g/mol. The van der Waals surface area contributed by atoms with E-state index in [2.05, 4.69) is 47.0 Å². The Morgan fingerprint density at radius 1 is 0.885 bits per heavy atom. The first-order valence-electron chi connectivity index (χ1n) is 9.25. The molecule has 0 aliphatic heterocycles. The molecule has 0 aliphatic rings. The van der Waals surface area contributed by atoms with Crippen LogP contribution in [0, 0.1) is 0 Å². The quantitative estimate of drug-likeness (QED) is 0.664. The Bertz CT molecular complexity index is 696. The predicted molar refractivity (Wildman–Crippen MR) is 106 cm³/mol. The molecule has 0 saturated heterocycles. The summed E-state index contributed by atoms with van der Waals surface area (Å²) < 4.78 is 0. The van der Waals surface area contributed by atoms with Gasteiger partial charge in [-0.1, -0.05) is 61.0 Å². The molecule has 2 aromatic rings. The van der Waals surface area contributed by atoms with Crippen LogP contribution in [0.15, 0.2) is 54.6 Å². The summed E-state index contributed by atoms with van der Waals surface area (Å²) in [6.45, 7) is 4.20. The monoisotopic (exact) mass is 352 g/mol. The van der Waals surface area contributed by atoms with E-state index in [4.69, 9.17) is 0 Å². The highest BCUT2D eigenvalue weighted by atomic mass is 16.2. The van der Waals surface area contributed by atoms with Crippen molar-refractivity contribution >= 4 is 11.8 Å². The second-order valence-electron chi connectivity index (χ2n) is 6.57. The minimum Gasteiger partial charge on any atom is -0.356 e. The summed E-state index contributed by atoms with van der Waals surface area (Å²) in [5, 5.41) is 5.82. The average Bonchev–Trinajstić information content (AvgIpc) is 2.65. The summed E-state index contributed by atoms with van der Waals surface area (Å²) in [5.41, 5.74) is 3.46. The van der Waals surface area contributed by atoms with Gasteiger partial charge in [-0.05, 0) is 36.5 Å². The van der Waals surface area contributed by atoms with E-state index in [-0.39, 0.29) is 17.9 Å². The Balaban J connectivity index is 1.74. The Kier molecular flexibility index (Phi) is 7.87. The number of unbranched alkanes of at least 4 members (excludes halogenated alkanes) is 2. The van der Waals surface area contributed by atoms with Crippen LogP contribution in [0.3, 0.4) is 0 Å². The third-order valence-electron chi connectivity index (χ3n) is 4.35. The third kappa shape index (κ3) is 6.71. The lowest BCUT2D eigenvalue weighted by molar-refractivity contribution is -0.122. The number of nitrogens with one attached hydrogen (secondary N) is 2. The highest BCUT2D eigenvalue weighted by Crippen LogP contribution is 2.21. The first kappa shape index (κ1) is 19.7. The molecule has 0 bridgehead atoms. The van der Waals surface area contributed by atoms with Gasteiger partial charge in [0.15, 0.2) is 0 Å². The van der Waals surface area contributed by atoms with Crippen LogP contribution < -0.4 is 10.6 Å². The Hall–Kier alpha value is -2.62. The zero-order chi connectivity index (χ0) is 18.8. The SMILES string of the molecule is CC(=O)NCCCCCC(=O)NC(C)c1ccc(-c2ccccc2)cc1. The van der Waals surface area contributed by atoms with Gasteiger partial charge in [0.05, 0.1) is 6.04 Å². The molecule has 0 fully saturated rings. The zero-order valence-corrected chi connectivity index (χ0v) is 15.6. The summed E-state index contributed by atoms with van der Waals surface area (Å²) in [7, 11) is 0. The molecule has 1 atom stereocenters. The molecule has 0 spiro atoms. The molecule has 0 heterocycles. The maximum atomic E-state index is 12.1. The van der Waals surface area contributed by atoms with Crippen molar-refractivity contribution in [1.82, 2.24) is 10.6 Å². The first-order chi connectivity index (χ1) is 12.6. The molecule has 2 rings (SSSR count). The summed E-state index contributed by atoms with van der Waals surface area (Å²) >= 11 is 0. The lowest BCUT2D eigenvalue weighted by atomic mass is 10.0. The molecule has 0 aromatic heterocycles. The van der Waals surface area contributed by atoms with Gasteiger partial charge < -0.3 is 10.6 Å². The van der Waals surface area contributed by atoms with Gasteiger partial charge in [-0.3, -0.25) is 9.59 Å². The minimum absolute atomic E-state index is 0.00477. The van der Waals surface area contributed by atoms with Crippen LogP contribution in [0.4, 0.5) is 0 Å². The lowest BCUT2D eigenvalue weighted by Crippen LogP contribution is -2.26. The van der Waals surface area contributed by atoms with Gasteiger partial charge in [0.2, 0.25) is 11.8 Å². The van der Waals surface area contributed by atoms with Gasteiger partial charge >= 0.3 is 0 Å². The molecular formula is C22H28N2O2. The highest BCUT2D eigenvalue weighted by molar-refractivity contribution is 5.76. The van der Waals surface area contributed by atoms with Crippen LogP contribution in [0.5, 0.6) is 0 Å². The van der Waals surface area contributed by atoms with Crippen molar-refractivity contribution in [3.63, 3.8) is 0 Å². The molecule has 0 aliphatic carbocycles. The second-order valence-corrected chi connectivity index (χ2v) is 6.57. The largest absolute Gasteiger partial charge is 0.356 e. The van der Waals surface area contributed by atoms with Crippen molar-refractivity contribution in [3.05, 3.63) is 60.2 Å². The van der Waals surface area contributed by atoms with Gasteiger partial charge in [-0.25, -0.2) is 0 Å². The normalized spacial score (nSPS) is 11.6. The maximum Gasteiger partial charge on any atom is 0.220 e. The van der Waals surface area contributed by atoms with Gasteiger partial charge in [-0.2, -0.15) is 0 Å². The van der Waals surface area contributed by atoms with Crippen molar-refractivity contribution in [3.8, 4) is 11.1 Å². The number of carbonyl (C=O) groups excluding carboxylic acids is 2. The van der Waals surface area contributed by atoms with Crippen LogP contribution in [-0.4, -0.2) is 18.4 Å². The van der Waals surface area contributed by atoms with Crippen LogP contribution in [-0.2, 0) is 9.59 Å². The van der Waals surface area contributed by atoms with E-state index in [1.54, 1.807) is 0 Å². The lowest BCUT2D eigenvalue weighted by Gasteiger charge is -2.15. The van der Waals surface area contributed by atoms with Crippen molar-refractivity contribution in [2.45, 2.75) is 45.6 Å². The number of benzene rings is 2. The van der Waals surface area contributed by atoms with E-state index in [0.29, 0.717) is 13.0 Å². The molecule has 4 nitrogen and oxygen atoms in total. The van der Waals surface area contributed by atoms with Crippen molar-refractivity contribution in [2.24, 2.45) is 0 Å². The fraction of sp³-hybridized carbons (Fsp3) is 0.364. The Morgan fingerprint density at radius 2 is 1.54 bits per heavy atom. The molecule has 2 N–H and O–H groups in total. The molecule has 0 radical (unpaired) electrons. The summed E-state index contributed by atoms with van der Waals surface area (Å²) in [5.74, 6) is 0.0685. The number of amides is 2. The fourth-order valence-electron chi connectivity index (χ4n) is 2.84. The molecule has 26 heavy (non-hydrogen) atoms. The van der Waals surface area contributed by atoms with E-state index in [9.17, 15) is 9.59 Å². The number of carbonyl (C=O) groups is 2. The Labute approximate surface area is 156 Å². The molecule has 138 valence electrons.